The van der Waals surface area contributed by atoms with Crippen LogP contribution >= 0.6 is 0 Å². The number of hydrogen-bond acceptors (Lipinski definition) is 2. The molecule has 3 nitrogen and oxygen atoms in total. The number of rotatable bonds is 4. The van der Waals surface area contributed by atoms with Crippen molar-refractivity contribution in [3.63, 3.8) is 0 Å². The molecule has 13 heavy (non-hydrogen) atoms. The Morgan fingerprint density at radius 3 is 3.15 bits per heavy atom. The number of allylic oxidation sites excluding steroid dienone is 2. The predicted octanol–water partition coefficient (Wildman–Crippen LogP) is 1.28. The van der Waals surface area contributed by atoms with E-state index in [1.165, 1.54) is 7.11 Å². The van der Waals surface area contributed by atoms with Crippen molar-refractivity contribution in [2.24, 2.45) is 0 Å². The molecule has 4 heteroatoms. The van der Waals surface area contributed by atoms with Gasteiger partial charge in [-0.15, -0.1) is 0 Å². The molecule has 0 bridgehead atoms. The van der Waals surface area contributed by atoms with Crippen molar-refractivity contribution < 1.29 is 13.9 Å². The standard InChI is InChI=1S/C9H12FNO2/c1-13-9-4-2-3-8(10)7(9)5-11-6-12/h4,6H,2-3,5H2,1H3,(H,11,12). The highest BCUT2D eigenvalue weighted by Gasteiger charge is 2.15. The van der Waals surface area contributed by atoms with Gasteiger partial charge >= 0.3 is 0 Å². The van der Waals surface area contributed by atoms with E-state index >= 15 is 0 Å². The maximum Gasteiger partial charge on any atom is 0.207 e. The van der Waals surface area contributed by atoms with E-state index in [9.17, 15) is 9.18 Å². The van der Waals surface area contributed by atoms with Crippen molar-refractivity contribution in [1.82, 2.24) is 5.32 Å². The first-order valence-corrected chi connectivity index (χ1v) is 4.08. The summed E-state index contributed by atoms with van der Waals surface area (Å²) in [6.07, 6.45) is 3.41. The van der Waals surface area contributed by atoms with E-state index in [2.05, 4.69) is 5.32 Å². The fraction of sp³-hybridized carbons (Fsp3) is 0.444. The fourth-order valence-corrected chi connectivity index (χ4v) is 1.27. The highest BCUT2D eigenvalue weighted by atomic mass is 19.1. The first-order valence-electron chi connectivity index (χ1n) is 4.08. The lowest BCUT2D eigenvalue weighted by Crippen LogP contribution is -2.18. The molecule has 0 heterocycles. The molecule has 0 radical (unpaired) electrons. The normalized spacial score (nSPS) is 16.6. The molecule has 0 aliphatic heterocycles. The molecule has 0 spiro atoms. The van der Waals surface area contributed by atoms with Gasteiger partial charge in [0.25, 0.3) is 0 Å². The number of amides is 1. The maximum atomic E-state index is 13.2. The number of halogens is 1. The van der Waals surface area contributed by atoms with Crippen molar-refractivity contribution >= 4 is 6.41 Å². The molecule has 0 unspecified atom stereocenters. The zero-order valence-electron chi connectivity index (χ0n) is 7.47. The van der Waals surface area contributed by atoms with E-state index in [0.717, 1.165) is 0 Å². The molecule has 0 saturated heterocycles. The van der Waals surface area contributed by atoms with Crippen molar-refractivity contribution in [3.05, 3.63) is 23.2 Å². The van der Waals surface area contributed by atoms with Gasteiger partial charge in [0, 0.05) is 18.5 Å². The average Bonchev–Trinajstić information content (AvgIpc) is 2.15. The largest absolute Gasteiger partial charge is 0.497 e. The van der Waals surface area contributed by atoms with Gasteiger partial charge in [-0.1, -0.05) is 0 Å². The molecule has 0 aromatic rings. The minimum atomic E-state index is -0.200. The molecular formula is C9H12FNO2. The van der Waals surface area contributed by atoms with Gasteiger partial charge in [0.05, 0.1) is 7.11 Å². The lowest BCUT2D eigenvalue weighted by molar-refractivity contribution is -0.109. The van der Waals surface area contributed by atoms with Crippen LogP contribution in [0.4, 0.5) is 4.39 Å². The van der Waals surface area contributed by atoms with Gasteiger partial charge in [-0.05, 0) is 12.5 Å². The number of ether oxygens (including phenoxy) is 1. The third kappa shape index (κ3) is 2.31. The number of carbonyl (C=O) groups is 1. The van der Waals surface area contributed by atoms with Gasteiger partial charge < -0.3 is 10.1 Å². The van der Waals surface area contributed by atoms with Gasteiger partial charge in [0.15, 0.2) is 0 Å². The minimum absolute atomic E-state index is 0.189. The SMILES string of the molecule is COC1=CCCC(F)=C1CNC=O. The third-order valence-corrected chi connectivity index (χ3v) is 1.90. The van der Waals surface area contributed by atoms with Crippen LogP contribution in [0.15, 0.2) is 23.2 Å². The lowest BCUT2D eigenvalue weighted by Gasteiger charge is -2.15. The van der Waals surface area contributed by atoms with Gasteiger partial charge in [0.2, 0.25) is 6.41 Å². The molecule has 0 saturated carbocycles. The third-order valence-electron chi connectivity index (χ3n) is 1.90. The van der Waals surface area contributed by atoms with E-state index in [1.807, 2.05) is 6.08 Å². The van der Waals surface area contributed by atoms with Crippen molar-refractivity contribution in [2.75, 3.05) is 13.7 Å². The molecule has 0 atom stereocenters. The van der Waals surface area contributed by atoms with Crippen LogP contribution < -0.4 is 5.32 Å². The highest BCUT2D eigenvalue weighted by Crippen LogP contribution is 2.25. The van der Waals surface area contributed by atoms with Crippen LogP contribution in [-0.2, 0) is 9.53 Å². The summed E-state index contributed by atoms with van der Waals surface area (Å²) < 4.78 is 18.2. The second-order valence-electron chi connectivity index (χ2n) is 2.69. The zero-order chi connectivity index (χ0) is 9.68. The molecule has 1 amide bonds. The Bertz CT molecular complexity index is 258. The van der Waals surface area contributed by atoms with Gasteiger partial charge in [-0.2, -0.15) is 0 Å². The Hall–Kier alpha value is -1.32. The summed E-state index contributed by atoms with van der Waals surface area (Å²) in [6, 6.07) is 0. The molecule has 0 aromatic heterocycles. The average molecular weight is 185 g/mol. The summed E-state index contributed by atoms with van der Waals surface area (Å²) >= 11 is 0. The van der Waals surface area contributed by atoms with Crippen LogP contribution in [0.25, 0.3) is 0 Å². The summed E-state index contributed by atoms with van der Waals surface area (Å²) in [5.74, 6) is 0.326. The molecule has 1 aliphatic carbocycles. The highest BCUT2D eigenvalue weighted by molar-refractivity contribution is 5.48. The summed E-state index contributed by atoms with van der Waals surface area (Å²) in [4.78, 5) is 10.0. The number of carbonyl (C=O) groups excluding carboxylic acids is 1. The quantitative estimate of drug-likeness (QED) is 0.670. The van der Waals surface area contributed by atoms with E-state index in [0.29, 0.717) is 30.6 Å². The molecule has 0 aromatic carbocycles. The maximum absolute atomic E-state index is 13.2. The smallest absolute Gasteiger partial charge is 0.207 e. The van der Waals surface area contributed by atoms with Crippen molar-refractivity contribution in [3.8, 4) is 0 Å². The topological polar surface area (TPSA) is 38.3 Å². The summed E-state index contributed by atoms with van der Waals surface area (Å²) in [5, 5.41) is 2.41. The number of hydrogen-bond donors (Lipinski definition) is 1. The number of methoxy groups -OCH3 is 1. The van der Waals surface area contributed by atoms with E-state index < -0.39 is 0 Å². The molecule has 1 rings (SSSR count). The van der Waals surface area contributed by atoms with Gasteiger partial charge in [0.1, 0.15) is 11.6 Å². The van der Waals surface area contributed by atoms with Crippen LogP contribution in [0.3, 0.4) is 0 Å². The predicted molar refractivity (Wildman–Crippen MR) is 46.5 cm³/mol. The number of nitrogens with one attached hydrogen (secondary N) is 1. The molecular weight excluding hydrogens is 173 g/mol. The van der Waals surface area contributed by atoms with Crippen LogP contribution in [0.2, 0.25) is 0 Å². The first kappa shape index (κ1) is 9.77. The van der Waals surface area contributed by atoms with Crippen molar-refractivity contribution in [1.29, 1.82) is 0 Å². The Kier molecular flexibility index (Phi) is 3.49. The zero-order valence-corrected chi connectivity index (χ0v) is 7.47. The van der Waals surface area contributed by atoms with E-state index in [-0.39, 0.29) is 12.4 Å². The Morgan fingerprint density at radius 1 is 1.77 bits per heavy atom. The molecule has 1 N–H and O–H groups in total. The second kappa shape index (κ2) is 4.64. The van der Waals surface area contributed by atoms with Crippen LogP contribution in [0.1, 0.15) is 12.8 Å². The Morgan fingerprint density at radius 2 is 2.54 bits per heavy atom. The fourth-order valence-electron chi connectivity index (χ4n) is 1.27. The summed E-state index contributed by atoms with van der Waals surface area (Å²) in [7, 11) is 1.49. The lowest BCUT2D eigenvalue weighted by atomic mass is 10.0. The van der Waals surface area contributed by atoms with Crippen LogP contribution in [0.5, 0.6) is 0 Å². The Labute approximate surface area is 76.3 Å². The van der Waals surface area contributed by atoms with Crippen LogP contribution in [0, 0.1) is 0 Å². The monoisotopic (exact) mass is 185 g/mol. The summed E-state index contributed by atoms with van der Waals surface area (Å²) in [5.41, 5.74) is 0.445. The first-order chi connectivity index (χ1) is 6.29. The Balaban J connectivity index is 2.73. The van der Waals surface area contributed by atoms with Crippen LogP contribution in [-0.4, -0.2) is 20.1 Å². The summed E-state index contributed by atoms with van der Waals surface area (Å²) in [6.45, 7) is 0.189. The van der Waals surface area contributed by atoms with Gasteiger partial charge in [-0.3, -0.25) is 4.79 Å². The van der Waals surface area contributed by atoms with E-state index in [4.69, 9.17) is 4.74 Å². The van der Waals surface area contributed by atoms with Crippen molar-refractivity contribution in [2.45, 2.75) is 12.8 Å². The van der Waals surface area contributed by atoms with Gasteiger partial charge in [-0.25, -0.2) is 4.39 Å². The molecule has 72 valence electrons. The second-order valence-corrected chi connectivity index (χ2v) is 2.69. The molecule has 0 fully saturated rings. The van der Waals surface area contributed by atoms with E-state index in [1.54, 1.807) is 0 Å². The molecule has 1 aliphatic rings. The minimum Gasteiger partial charge on any atom is -0.497 e.